The lowest BCUT2D eigenvalue weighted by Gasteiger charge is -2.12. The van der Waals surface area contributed by atoms with Crippen LogP contribution in [0.1, 0.15) is 25.8 Å². The van der Waals surface area contributed by atoms with Crippen molar-refractivity contribution in [3.8, 4) is 5.75 Å². The molecule has 1 aromatic carbocycles. The molecule has 1 nitrogen and oxygen atoms in total. The van der Waals surface area contributed by atoms with Gasteiger partial charge in [-0.3, -0.25) is 0 Å². The minimum absolute atomic E-state index is 0.0289. The fourth-order valence-electron chi connectivity index (χ4n) is 1.22. The molecule has 0 fully saturated rings. The Morgan fingerprint density at radius 1 is 1.29 bits per heavy atom. The normalized spacial score (nSPS) is 11.9. The van der Waals surface area contributed by atoms with Crippen LogP contribution in [0.15, 0.2) is 22.7 Å². The Bertz CT molecular complexity index is 375. The Morgan fingerprint density at radius 2 is 1.94 bits per heavy atom. The van der Waals surface area contributed by atoms with Crippen molar-refractivity contribution in [2.24, 2.45) is 5.92 Å². The summed E-state index contributed by atoms with van der Waals surface area (Å²) in [5.41, 5.74) is -0.709. The fraction of sp³-hybridized carbons (Fsp3) is 0.500. The summed E-state index contributed by atoms with van der Waals surface area (Å²) in [6, 6.07) is 3.90. The number of rotatable bonds is 4. The number of halogens is 4. The van der Waals surface area contributed by atoms with E-state index in [1.165, 1.54) is 12.1 Å². The minimum Gasteiger partial charge on any atom is -0.494 e. The molecule has 0 aliphatic heterocycles. The smallest absolute Gasteiger partial charge is 0.417 e. The number of hydrogen-bond acceptors (Lipinski definition) is 1. The van der Waals surface area contributed by atoms with Crippen LogP contribution in [-0.2, 0) is 6.18 Å². The van der Waals surface area contributed by atoms with E-state index in [4.69, 9.17) is 4.74 Å². The first-order valence-corrected chi connectivity index (χ1v) is 6.09. The van der Waals surface area contributed by atoms with Gasteiger partial charge in [-0.15, -0.1) is 0 Å². The predicted octanol–water partition coefficient (Wildman–Crippen LogP) is 4.89. The lowest BCUT2D eigenvalue weighted by molar-refractivity contribution is -0.138. The van der Waals surface area contributed by atoms with E-state index in [0.717, 1.165) is 12.5 Å². The first-order chi connectivity index (χ1) is 7.80. The summed E-state index contributed by atoms with van der Waals surface area (Å²) in [5, 5.41) is 0. The zero-order valence-corrected chi connectivity index (χ0v) is 11.2. The standard InChI is InChI=1S/C12H14BrF3O/c1-8(2)5-6-17-9-3-4-11(13)10(7-9)12(14,15)16/h3-4,7-8H,5-6H2,1-2H3. The Morgan fingerprint density at radius 3 is 2.47 bits per heavy atom. The van der Waals surface area contributed by atoms with Crippen molar-refractivity contribution < 1.29 is 17.9 Å². The Hall–Kier alpha value is -0.710. The van der Waals surface area contributed by atoms with Gasteiger partial charge in [0.2, 0.25) is 0 Å². The van der Waals surface area contributed by atoms with Gasteiger partial charge >= 0.3 is 6.18 Å². The molecule has 0 unspecified atom stereocenters. The molecule has 0 spiro atoms. The van der Waals surface area contributed by atoms with Crippen LogP contribution in [0.3, 0.4) is 0 Å². The summed E-state index contributed by atoms with van der Waals surface area (Å²) >= 11 is 2.88. The van der Waals surface area contributed by atoms with Crippen LogP contribution >= 0.6 is 15.9 Å². The van der Waals surface area contributed by atoms with Gasteiger partial charge in [-0.05, 0) is 30.5 Å². The average Bonchev–Trinajstić information content (AvgIpc) is 2.18. The zero-order valence-electron chi connectivity index (χ0n) is 9.64. The second kappa shape index (κ2) is 5.76. The monoisotopic (exact) mass is 310 g/mol. The maximum absolute atomic E-state index is 12.6. The van der Waals surface area contributed by atoms with Crippen molar-refractivity contribution in [3.05, 3.63) is 28.2 Å². The molecule has 0 heterocycles. The van der Waals surface area contributed by atoms with Gasteiger partial charge in [0, 0.05) is 4.47 Å². The maximum atomic E-state index is 12.6. The van der Waals surface area contributed by atoms with Crippen molar-refractivity contribution in [1.82, 2.24) is 0 Å². The Kier molecular flexibility index (Phi) is 4.86. The quantitative estimate of drug-likeness (QED) is 0.769. The fourth-order valence-corrected chi connectivity index (χ4v) is 1.70. The molecule has 1 aromatic rings. The number of hydrogen-bond donors (Lipinski definition) is 0. The molecule has 5 heteroatoms. The van der Waals surface area contributed by atoms with Crippen LogP contribution < -0.4 is 4.74 Å². The number of alkyl halides is 3. The van der Waals surface area contributed by atoms with Gasteiger partial charge in [-0.25, -0.2) is 0 Å². The van der Waals surface area contributed by atoms with Gasteiger partial charge in [0.25, 0.3) is 0 Å². The van der Waals surface area contributed by atoms with Crippen LogP contribution in [0.25, 0.3) is 0 Å². The SMILES string of the molecule is CC(C)CCOc1ccc(Br)c(C(F)(F)F)c1. The predicted molar refractivity (Wildman–Crippen MR) is 64.1 cm³/mol. The van der Waals surface area contributed by atoms with Crippen molar-refractivity contribution in [3.63, 3.8) is 0 Å². The van der Waals surface area contributed by atoms with Gasteiger partial charge in [0.15, 0.2) is 0 Å². The lowest BCUT2D eigenvalue weighted by Crippen LogP contribution is -2.07. The molecule has 96 valence electrons. The van der Waals surface area contributed by atoms with Crippen LogP contribution in [0.4, 0.5) is 13.2 Å². The lowest BCUT2D eigenvalue weighted by atomic mass is 10.1. The highest BCUT2D eigenvalue weighted by Crippen LogP contribution is 2.36. The van der Waals surface area contributed by atoms with Crippen LogP contribution in [0, 0.1) is 5.92 Å². The molecule has 1 rings (SSSR count). The molecular formula is C12H14BrF3O. The van der Waals surface area contributed by atoms with E-state index in [9.17, 15) is 13.2 Å². The van der Waals surface area contributed by atoms with Crippen LogP contribution in [-0.4, -0.2) is 6.61 Å². The third-order valence-electron chi connectivity index (χ3n) is 2.21. The molecular weight excluding hydrogens is 297 g/mol. The van der Waals surface area contributed by atoms with Gasteiger partial charge < -0.3 is 4.74 Å². The maximum Gasteiger partial charge on any atom is 0.417 e. The zero-order chi connectivity index (χ0) is 13.1. The van der Waals surface area contributed by atoms with E-state index in [-0.39, 0.29) is 10.2 Å². The summed E-state index contributed by atoms with van der Waals surface area (Å²) in [4.78, 5) is 0. The highest BCUT2D eigenvalue weighted by Gasteiger charge is 2.33. The molecule has 0 amide bonds. The molecule has 0 bridgehead atoms. The summed E-state index contributed by atoms with van der Waals surface area (Å²) in [5.74, 6) is 0.716. The third-order valence-corrected chi connectivity index (χ3v) is 2.90. The first kappa shape index (κ1) is 14.4. The molecule has 0 atom stereocenters. The van der Waals surface area contributed by atoms with Crippen molar-refractivity contribution in [2.75, 3.05) is 6.61 Å². The number of ether oxygens (including phenoxy) is 1. The second-order valence-corrected chi connectivity index (χ2v) is 5.02. The molecule has 0 aliphatic rings. The molecule has 17 heavy (non-hydrogen) atoms. The highest BCUT2D eigenvalue weighted by molar-refractivity contribution is 9.10. The van der Waals surface area contributed by atoms with Crippen molar-refractivity contribution in [1.29, 1.82) is 0 Å². The van der Waals surface area contributed by atoms with E-state index in [1.807, 2.05) is 13.8 Å². The van der Waals surface area contributed by atoms with E-state index >= 15 is 0 Å². The third kappa shape index (κ3) is 4.58. The van der Waals surface area contributed by atoms with Crippen LogP contribution in [0.2, 0.25) is 0 Å². The molecule has 0 saturated heterocycles. The van der Waals surface area contributed by atoms with E-state index in [2.05, 4.69) is 15.9 Å². The largest absolute Gasteiger partial charge is 0.494 e. The topological polar surface area (TPSA) is 9.23 Å². The van der Waals surface area contributed by atoms with E-state index < -0.39 is 11.7 Å². The summed E-state index contributed by atoms with van der Waals surface area (Å²) in [6.45, 7) is 4.49. The molecule has 0 radical (unpaired) electrons. The average molecular weight is 311 g/mol. The van der Waals surface area contributed by atoms with Gasteiger partial charge in [-0.2, -0.15) is 13.2 Å². The summed E-state index contributed by atoms with van der Waals surface area (Å²) < 4.78 is 43.1. The van der Waals surface area contributed by atoms with Gasteiger partial charge in [-0.1, -0.05) is 29.8 Å². The summed E-state index contributed by atoms with van der Waals surface area (Å²) in [7, 11) is 0. The molecule has 0 aliphatic carbocycles. The van der Waals surface area contributed by atoms with Crippen LogP contribution in [0.5, 0.6) is 5.75 Å². The molecule has 0 aromatic heterocycles. The molecule has 0 saturated carbocycles. The second-order valence-electron chi connectivity index (χ2n) is 4.17. The Balaban J connectivity index is 2.76. The summed E-state index contributed by atoms with van der Waals surface area (Å²) in [6.07, 6.45) is -3.55. The van der Waals surface area contributed by atoms with Crippen molar-refractivity contribution >= 4 is 15.9 Å². The van der Waals surface area contributed by atoms with Gasteiger partial charge in [0.1, 0.15) is 5.75 Å². The van der Waals surface area contributed by atoms with E-state index in [1.54, 1.807) is 0 Å². The first-order valence-electron chi connectivity index (χ1n) is 5.30. The molecule has 0 N–H and O–H groups in total. The minimum atomic E-state index is -4.36. The van der Waals surface area contributed by atoms with Crippen molar-refractivity contribution in [2.45, 2.75) is 26.4 Å². The van der Waals surface area contributed by atoms with Gasteiger partial charge in [0.05, 0.1) is 12.2 Å². The number of benzene rings is 1. The highest BCUT2D eigenvalue weighted by atomic mass is 79.9. The van der Waals surface area contributed by atoms with E-state index in [0.29, 0.717) is 12.5 Å². The Labute approximate surface area is 107 Å².